The smallest absolute Gasteiger partial charge is 0.212 e. The van der Waals surface area contributed by atoms with Crippen LogP contribution in [0.15, 0.2) is 22.6 Å². The number of rotatable bonds is 1. The van der Waals surface area contributed by atoms with Crippen molar-refractivity contribution in [3.05, 3.63) is 29.7 Å². The largest absolute Gasteiger partial charge is 0.439 e. The summed E-state index contributed by atoms with van der Waals surface area (Å²) in [6.07, 6.45) is 2.34. The number of para-hydroxylation sites is 1. The molecule has 3 rings (SSSR count). The van der Waals surface area contributed by atoms with Gasteiger partial charge in [0, 0.05) is 0 Å². The highest BCUT2D eigenvalue weighted by atomic mass is 16.3. The Labute approximate surface area is 88.5 Å². The molecule has 1 atom stereocenters. The predicted octanol–water partition coefficient (Wildman–Crippen LogP) is 2.56. The minimum absolute atomic E-state index is 0.316. The summed E-state index contributed by atoms with van der Waals surface area (Å²) in [5.41, 5.74) is 3.06. The van der Waals surface area contributed by atoms with Crippen LogP contribution < -0.4 is 5.32 Å². The number of aromatic nitrogens is 1. The van der Waals surface area contributed by atoms with Crippen LogP contribution in [0.5, 0.6) is 0 Å². The van der Waals surface area contributed by atoms with E-state index in [2.05, 4.69) is 23.3 Å². The Kier molecular flexibility index (Phi) is 1.99. The number of nitrogens with one attached hydrogen (secondary N) is 1. The Bertz CT molecular complexity index is 483. The summed E-state index contributed by atoms with van der Waals surface area (Å²) >= 11 is 0. The first-order valence-corrected chi connectivity index (χ1v) is 5.44. The summed E-state index contributed by atoms with van der Waals surface area (Å²) in [4.78, 5) is 4.53. The highest BCUT2D eigenvalue weighted by Crippen LogP contribution is 2.27. The molecule has 1 aromatic heterocycles. The zero-order valence-corrected chi connectivity index (χ0v) is 8.79. The van der Waals surface area contributed by atoms with E-state index in [4.69, 9.17) is 4.42 Å². The van der Waals surface area contributed by atoms with Crippen molar-refractivity contribution in [3.8, 4) is 0 Å². The van der Waals surface area contributed by atoms with Crippen LogP contribution in [0.3, 0.4) is 0 Å². The normalized spacial score (nSPS) is 21.3. The fraction of sp³-hybridized carbons (Fsp3) is 0.417. The van der Waals surface area contributed by atoms with Crippen molar-refractivity contribution in [2.45, 2.75) is 25.8 Å². The van der Waals surface area contributed by atoms with Gasteiger partial charge < -0.3 is 9.73 Å². The molecular weight excluding hydrogens is 188 g/mol. The second kappa shape index (κ2) is 3.35. The van der Waals surface area contributed by atoms with Crippen LogP contribution in [0, 0.1) is 6.92 Å². The lowest BCUT2D eigenvalue weighted by Gasteiger charge is -2.02. The minimum atomic E-state index is 0.316. The Morgan fingerprint density at radius 1 is 1.47 bits per heavy atom. The molecule has 3 nitrogen and oxygen atoms in total. The maximum absolute atomic E-state index is 5.81. The van der Waals surface area contributed by atoms with Gasteiger partial charge in [0.2, 0.25) is 5.89 Å². The zero-order valence-electron chi connectivity index (χ0n) is 8.79. The molecule has 0 unspecified atom stereocenters. The molecule has 1 saturated heterocycles. The Morgan fingerprint density at radius 2 is 2.40 bits per heavy atom. The van der Waals surface area contributed by atoms with E-state index in [0.717, 1.165) is 35.5 Å². The van der Waals surface area contributed by atoms with Gasteiger partial charge in [-0.15, -0.1) is 0 Å². The lowest BCUT2D eigenvalue weighted by Crippen LogP contribution is -2.12. The summed E-state index contributed by atoms with van der Waals surface area (Å²) in [5.74, 6) is 0.844. The van der Waals surface area contributed by atoms with Gasteiger partial charge in [-0.25, -0.2) is 4.98 Å². The van der Waals surface area contributed by atoms with E-state index in [-0.39, 0.29) is 0 Å². The van der Waals surface area contributed by atoms with Crippen molar-refractivity contribution >= 4 is 11.1 Å². The van der Waals surface area contributed by atoms with Crippen molar-refractivity contribution in [1.82, 2.24) is 10.3 Å². The Hall–Kier alpha value is -1.35. The van der Waals surface area contributed by atoms with Crippen LogP contribution in [-0.4, -0.2) is 11.5 Å². The van der Waals surface area contributed by atoms with Crippen LogP contribution in [0.2, 0.25) is 0 Å². The number of hydrogen-bond acceptors (Lipinski definition) is 3. The molecule has 15 heavy (non-hydrogen) atoms. The van der Waals surface area contributed by atoms with Gasteiger partial charge in [-0.05, 0) is 37.9 Å². The van der Waals surface area contributed by atoms with E-state index in [1.807, 2.05) is 12.1 Å². The molecule has 1 N–H and O–H groups in total. The first-order valence-electron chi connectivity index (χ1n) is 5.44. The quantitative estimate of drug-likeness (QED) is 0.772. The van der Waals surface area contributed by atoms with Crippen molar-refractivity contribution in [2.75, 3.05) is 6.54 Å². The number of oxazole rings is 1. The van der Waals surface area contributed by atoms with Gasteiger partial charge in [-0.2, -0.15) is 0 Å². The highest BCUT2D eigenvalue weighted by molar-refractivity contribution is 5.76. The fourth-order valence-corrected chi connectivity index (χ4v) is 2.15. The zero-order chi connectivity index (χ0) is 10.3. The lowest BCUT2D eigenvalue weighted by atomic mass is 10.2. The molecule has 1 fully saturated rings. The van der Waals surface area contributed by atoms with Gasteiger partial charge in [0.15, 0.2) is 5.58 Å². The first-order chi connectivity index (χ1) is 7.34. The predicted molar refractivity (Wildman–Crippen MR) is 58.7 cm³/mol. The molecule has 78 valence electrons. The van der Waals surface area contributed by atoms with E-state index in [9.17, 15) is 0 Å². The van der Waals surface area contributed by atoms with Gasteiger partial charge in [0.05, 0.1) is 6.04 Å². The molecule has 0 aliphatic carbocycles. The first kappa shape index (κ1) is 8.92. The molecule has 0 bridgehead atoms. The van der Waals surface area contributed by atoms with E-state index in [1.54, 1.807) is 0 Å². The van der Waals surface area contributed by atoms with E-state index in [1.165, 1.54) is 6.42 Å². The summed E-state index contributed by atoms with van der Waals surface area (Å²) in [7, 11) is 0. The lowest BCUT2D eigenvalue weighted by molar-refractivity contribution is 0.451. The molecule has 2 heterocycles. The molecule has 0 saturated carbocycles. The molecule has 0 amide bonds. The van der Waals surface area contributed by atoms with Crippen molar-refractivity contribution < 1.29 is 4.42 Å². The van der Waals surface area contributed by atoms with Gasteiger partial charge in [-0.1, -0.05) is 12.1 Å². The average Bonchev–Trinajstić information content (AvgIpc) is 2.86. The molecule has 1 aromatic carbocycles. The minimum Gasteiger partial charge on any atom is -0.439 e. The van der Waals surface area contributed by atoms with E-state index >= 15 is 0 Å². The fourth-order valence-electron chi connectivity index (χ4n) is 2.15. The van der Waals surface area contributed by atoms with Crippen LogP contribution in [0.4, 0.5) is 0 Å². The molecule has 0 radical (unpaired) electrons. The number of nitrogens with zero attached hydrogens (tertiary/aromatic N) is 1. The highest BCUT2D eigenvalue weighted by Gasteiger charge is 2.21. The van der Waals surface area contributed by atoms with Gasteiger partial charge in [0.1, 0.15) is 5.52 Å². The summed E-state index contributed by atoms with van der Waals surface area (Å²) < 4.78 is 5.81. The third kappa shape index (κ3) is 1.43. The molecule has 1 aliphatic heterocycles. The van der Waals surface area contributed by atoms with Crippen LogP contribution >= 0.6 is 0 Å². The van der Waals surface area contributed by atoms with Gasteiger partial charge >= 0.3 is 0 Å². The van der Waals surface area contributed by atoms with Crippen molar-refractivity contribution in [2.24, 2.45) is 0 Å². The van der Waals surface area contributed by atoms with Crippen LogP contribution in [0.1, 0.15) is 30.3 Å². The standard InChI is InChI=1S/C12H14N2O/c1-8-4-2-5-9-11(8)15-12(14-9)10-6-3-7-13-10/h2,4-5,10,13H,3,6-7H2,1H3/t10-/m0/s1. The van der Waals surface area contributed by atoms with Crippen molar-refractivity contribution in [3.63, 3.8) is 0 Å². The second-order valence-electron chi connectivity index (χ2n) is 4.12. The van der Waals surface area contributed by atoms with Gasteiger partial charge in [-0.3, -0.25) is 0 Å². The third-order valence-electron chi connectivity index (χ3n) is 2.99. The molecule has 3 heteroatoms. The molecule has 0 spiro atoms. The van der Waals surface area contributed by atoms with Crippen molar-refractivity contribution in [1.29, 1.82) is 0 Å². The summed E-state index contributed by atoms with van der Waals surface area (Å²) in [6.45, 7) is 3.13. The number of benzene rings is 1. The topological polar surface area (TPSA) is 38.1 Å². The SMILES string of the molecule is Cc1cccc2nc([C@@H]3CCCN3)oc12. The maximum Gasteiger partial charge on any atom is 0.212 e. The van der Waals surface area contributed by atoms with E-state index < -0.39 is 0 Å². The monoisotopic (exact) mass is 202 g/mol. The number of hydrogen-bond donors (Lipinski definition) is 1. The van der Waals surface area contributed by atoms with Crippen LogP contribution in [0.25, 0.3) is 11.1 Å². The Balaban J connectivity index is 2.09. The number of fused-ring (bicyclic) bond motifs is 1. The van der Waals surface area contributed by atoms with Gasteiger partial charge in [0.25, 0.3) is 0 Å². The molecule has 1 aliphatic rings. The molecular formula is C12H14N2O. The molecule has 2 aromatic rings. The summed E-state index contributed by atoms with van der Waals surface area (Å²) in [5, 5.41) is 3.40. The van der Waals surface area contributed by atoms with Crippen LogP contribution in [-0.2, 0) is 0 Å². The second-order valence-corrected chi connectivity index (χ2v) is 4.12. The third-order valence-corrected chi connectivity index (χ3v) is 2.99. The number of aryl methyl sites for hydroxylation is 1. The Morgan fingerprint density at radius 3 is 3.13 bits per heavy atom. The summed E-state index contributed by atoms with van der Waals surface area (Å²) in [6, 6.07) is 6.40. The average molecular weight is 202 g/mol. The van der Waals surface area contributed by atoms with E-state index in [0.29, 0.717) is 6.04 Å². The maximum atomic E-state index is 5.81.